The molecule has 0 saturated heterocycles. The van der Waals surface area contributed by atoms with E-state index in [4.69, 9.17) is 4.74 Å². The molecule has 1 atom stereocenters. The average Bonchev–Trinajstić information content (AvgIpc) is 3.17. The van der Waals surface area contributed by atoms with Gasteiger partial charge in [0.15, 0.2) is 5.13 Å². The number of ether oxygens (including phenoxy) is 1. The van der Waals surface area contributed by atoms with Crippen molar-refractivity contribution in [3.8, 4) is 17.0 Å². The topological polar surface area (TPSA) is 80.3 Å². The molecule has 0 spiro atoms. The molecule has 3 aromatic rings. The normalized spacial score (nSPS) is 11.6. The van der Waals surface area contributed by atoms with Crippen LogP contribution in [0.25, 0.3) is 11.3 Å². The maximum atomic E-state index is 12.6. The van der Waals surface area contributed by atoms with E-state index in [1.165, 1.54) is 30.0 Å². The number of thiazole rings is 1. The minimum absolute atomic E-state index is 0.117. The number of anilines is 2. The molecule has 2 N–H and O–H groups in total. The van der Waals surface area contributed by atoms with E-state index in [0.29, 0.717) is 5.13 Å². The number of rotatable bonds is 7. The molecule has 0 bridgehead atoms. The Balaban J connectivity index is 1.61. The number of benzene rings is 2. The molecule has 0 aliphatic rings. The number of amides is 2. The summed E-state index contributed by atoms with van der Waals surface area (Å²) in [6, 6.07) is 15.0. The second kappa shape index (κ2) is 9.58. The summed E-state index contributed by atoms with van der Waals surface area (Å²) in [4.78, 5) is 29.1. The molecule has 0 radical (unpaired) electrons. The quantitative estimate of drug-likeness (QED) is 0.525. The Hall–Kier alpha value is -2.84. The van der Waals surface area contributed by atoms with Gasteiger partial charge in [-0.1, -0.05) is 12.1 Å². The summed E-state index contributed by atoms with van der Waals surface area (Å²) in [6.45, 7) is 3.31. The van der Waals surface area contributed by atoms with Crippen LogP contribution in [0.3, 0.4) is 0 Å². The first-order valence-electron chi connectivity index (χ1n) is 8.90. The Bertz CT molecular complexity index is 1000. The van der Waals surface area contributed by atoms with Crippen LogP contribution in [0.4, 0.5) is 10.8 Å². The third kappa shape index (κ3) is 5.58. The Labute approximate surface area is 177 Å². The van der Waals surface area contributed by atoms with Crippen molar-refractivity contribution in [3.63, 3.8) is 0 Å². The fourth-order valence-corrected chi connectivity index (χ4v) is 4.18. The Morgan fingerprint density at radius 2 is 1.83 bits per heavy atom. The van der Waals surface area contributed by atoms with Crippen LogP contribution in [-0.4, -0.2) is 29.2 Å². The Morgan fingerprint density at radius 3 is 2.52 bits per heavy atom. The monoisotopic (exact) mass is 427 g/mol. The van der Waals surface area contributed by atoms with Crippen molar-refractivity contribution in [2.45, 2.75) is 24.0 Å². The van der Waals surface area contributed by atoms with Gasteiger partial charge in [0.2, 0.25) is 11.8 Å². The Morgan fingerprint density at radius 1 is 1.10 bits per heavy atom. The molecule has 0 aliphatic carbocycles. The largest absolute Gasteiger partial charge is 0.496 e. The average molecular weight is 428 g/mol. The molecule has 0 saturated carbocycles. The van der Waals surface area contributed by atoms with Gasteiger partial charge in [0.25, 0.3) is 0 Å². The van der Waals surface area contributed by atoms with Crippen LogP contribution in [0.5, 0.6) is 5.75 Å². The number of nitrogens with one attached hydrogen (secondary N) is 2. The van der Waals surface area contributed by atoms with Crippen molar-refractivity contribution in [2.75, 3.05) is 17.7 Å². The molecule has 0 fully saturated rings. The third-order valence-corrected chi connectivity index (χ3v) is 5.84. The summed E-state index contributed by atoms with van der Waals surface area (Å²) in [5.41, 5.74) is 2.37. The van der Waals surface area contributed by atoms with Gasteiger partial charge in [-0.2, -0.15) is 0 Å². The zero-order chi connectivity index (χ0) is 20.8. The summed E-state index contributed by atoms with van der Waals surface area (Å²) < 4.78 is 5.38. The number of methoxy groups -OCH3 is 1. The predicted molar refractivity (Wildman–Crippen MR) is 119 cm³/mol. The van der Waals surface area contributed by atoms with Crippen molar-refractivity contribution in [1.29, 1.82) is 0 Å². The lowest BCUT2D eigenvalue weighted by molar-refractivity contribution is -0.115. The molecule has 2 aromatic carbocycles. The fourth-order valence-electron chi connectivity index (χ4n) is 2.60. The molecule has 2 amide bonds. The van der Waals surface area contributed by atoms with E-state index in [9.17, 15) is 9.59 Å². The number of carbonyl (C=O) groups excluding carboxylic acids is 2. The second-order valence-electron chi connectivity index (χ2n) is 6.19. The fraction of sp³-hybridized carbons (Fsp3) is 0.190. The van der Waals surface area contributed by atoms with E-state index in [1.807, 2.05) is 60.8 Å². The van der Waals surface area contributed by atoms with Gasteiger partial charge in [-0.15, -0.1) is 23.1 Å². The highest BCUT2D eigenvalue weighted by atomic mass is 32.2. The first-order valence-corrected chi connectivity index (χ1v) is 10.7. The zero-order valence-corrected chi connectivity index (χ0v) is 17.9. The van der Waals surface area contributed by atoms with Crippen molar-refractivity contribution in [3.05, 3.63) is 53.9 Å². The molecule has 3 rings (SSSR count). The van der Waals surface area contributed by atoms with E-state index < -0.39 is 0 Å². The number of para-hydroxylation sites is 1. The predicted octanol–water partition coefficient (Wildman–Crippen LogP) is 4.90. The van der Waals surface area contributed by atoms with Gasteiger partial charge in [-0.25, -0.2) is 4.98 Å². The zero-order valence-electron chi connectivity index (χ0n) is 16.3. The Kier molecular flexibility index (Phi) is 6.90. The highest BCUT2D eigenvalue weighted by Crippen LogP contribution is 2.32. The van der Waals surface area contributed by atoms with Crippen molar-refractivity contribution in [2.24, 2.45) is 0 Å². The van der Waals surface area contributed by atoms with Gasteiger partial charge < -0.3 is 15.4 Å². The minimum atomic E-state index is -0.305. The molecule has 29 heavy (non-hydrogen) atoms. The van der Waals surface area contributed by atoms with Crippen molar-refractivity contribution in [1.82, 2.24) is 4.98 Å². The molecule has 1 heterocycles. The third-order valence-electron chi connectivity index (χ3n) is 3.97. The van der Waals surface area contributed by atoms with Crippen LogP contribution in [0, 0.1) is 0 Å². The number of thioether (sulfide) groups is 1. The first kappa shape index (κ1) is 20.9. The molecule has 1 unspecified atom stereocenters. The van der Waals surface area contributed by atoms with Crippen LogP contribution < -0.4 is 15.4 Å². The smallest absolute Gasteiger partial charge is 0.239 e. The maximum absolute atomic E-state index is 12.6. The molecule has 8 heteroatoms. The summed E-state index contributed by atoms with van der Waals surface area (Å²) in [5.74, 6) is 0.498. The van der Waals surface area contributed by atoms with Crippen LogP contribution >= 0.6 is 23.1 Å². The number of hydrogen-bond acceptors (Lipinski definition) is 6. The molecule has 6 nitrogen and oxygen atoms in total. The molecule has 1 aromatic heterocycles. The number of hydrogen-bond donors (Lipinski definition) is 2. The number of nitrogens with zero attached hydrogens (tertiary/aromatic N) is 1. The standard InChI is InChI=1S/C21H21N3O3S2/c1-13(29-16-10-8-15(9-11-16)22-14(2)25)20(26)24-21-23-18(12-28-21)17-6-4-5-7-19(17)27-3/h4-13H,1-3H3,(H,22,25)(H,23,24,26). The molecule has 150 valence electrons. The van der Waals surface area contributed by atoms with Gasteiger partial charge in [0.05, 0.1) is 18.1 Å². The lowest BCUT2D eigenvalue weighted by Crippen LogP contribution is -2.22. The van der Waals surface area contributed by atoms with E-state index in [2.05, 4.69) is 15.6 Å². The van der Waals surface area contributed by atoms with Crippen molar-refractivity contribution < 1.29 is 14.3 Å². The highest BCUT2D eigenvalue weighted by molar-refractivity contribution is 8.00. The van der Waals surface area contributed by atoms with E-state index in [-0.39, 0.29) is 17.1 Å². The lowest BCUT2D eigenvalue weighted by Gasteiger charge is -2.11. The van der Waals surface area contributed by atoms with Crippen molar-refractivity contribution >= 4 is 45.7 Å². The highest BCUT2D eigenvalue weighted by Gasteiger charge is 2.17. The van der Waals surface area contributed by atoms with Gasteiger partial charge in [-0.3, -0.25) is 9.59 Å². The lowest BCUT2D eigenvalue weighted by atomic mass is 10.1. The summed E-state index contributed by atoms with van der Waals surface area (Å²) in [7, 11) is 1.62. The SMILES string of the molecule is COc1ccccc1-c1csc(NC(=O)C(C)Sc2ccc(NC(C)=O)cc2)n1. The van der Waals surface area contributed by atoms with E-state index >= 15 is 0 Å². The number of aromatic nitrogens is 1. The molecule has 0 aliphatic heterocycles. The van der Waals surface area contributed by atoms with Crippen LogP contribution in [0.2, 0.25) is 0 Å². The van der Waals surface area contributed by atoms with Gasteiger partial charge in [-0.05, 0) is 43.3 Å². The van der Waals surface area contributed by atoms with Crippen LogP contribution in [0.1, 0.15) is 13.8 Å². The molecular weight excluding hydrogens is 406 g/mol. The maximum Gasteiger partial charge on any atom is 0.239 e. The van der Waals surface area contributed by atoms with Gasteiger partial charge >= 0.3 is 0 Å². The number of carbonyl (C=O) groups is 2. The van der Waals surface area contributed by atoms with Crippen LogP contribution in [0.15, 0.2) is 58.8 Å². The minimum Gasteiger partial charge on any atom is -0.496 e. The van der Waals surface area contributed by atoms with Gasteiger partial charge in [0.1, 0.15) is 5.75 Å². The summed E-state index contributed by atoms with van der Waals surface area (Å²) >= 11 is 2.82. The van der Waals surface area contributed by atoms with Gasteiger partial charge in [0, 0.05) is 28.5 Å². The summed E-state index contributed by atoms with van der Waals surface area (Å²) in [6.07, 6.45) is 0. The first-order chi connectivity index (χ1) is 14.0. The summed E-state index contributed by atoms with van der Waals surface area (Å²) in [5, 5.41) is 7.73. The van der Waals surface area contributed by atoms with Crippen LogP contribution in [-0.2, 0) is 9.59 Å². The van der Waals surface area contributed by atoms with E-state index in [1.54, 1.807) is 7.11 Å². The van der Waals surface area contributed by atoms with E-state index in [0.717, 1.165) is 27.6 Å². The second-order valence-corrected chi connectivity index (χ2v) is 8.47. The molecular formula is C21H21N3O3S2.